The second-order valence-electron chi connectivity index (χ2n) is 8.94. The van der Waals surface area contributed by atoms with Gasteiger partial charge in [0.05, 0.1) is 25.3 Å². The monoisotopic (exact) mass is 467 g/mol. The molecule has 0 bridgehead atoms. The molecule has 0 unspecified atom stereocenters. The molecule has 0 aliphatic heterocycles. The highest BCUT2D eigenvalue weighted by atomic mass is 16.5. The molecule has 1 aliphatic rings. The molecule has 4 aromatic rings. The second-order valence-corrected chi connectivity index (χ2v) is 8.94. The maximum atomic E-state index is 14.2. The van der Waals surface area contributed by atoms with Crippen LogP contribution in [0.5, 0.6) is 11.5 Å². The van der Waals surface area contributed by atoms with E-state index in [2.05, 4.69) is 10.2 Å². The van der Waals surface area contributed by atoms with Gasteiger partial charge in [0.1, 0.15) is 5.69 Å². The predicted molar refractivity (Wildman–Crippen MR) is 137 cm³/mol. The number of carbonyl (C=O) groups excluding carboxylic acids is 1. The molecule has 1 saturated carbocycles. The highest BCUT2D eigenvalue weighted by Gasteiger charge is 2.30. The first-order valence-corrected chi connectivity index (χ1v) is 12.0. The van der Waals surface area contributed by atoms with Gasteiger partial charge in [0.25, 0.3) is 5.91 Å². The number of nitrogens with zero attached hydrogens (tertiary/aromatic N) is 3. The zero-order chi connectivity index (χ0) is 24.2. The highest BCUT2D eigenvalue weighted by Crippen LogP contribution is 2.33. The van der Waals surface area contributed by atoms with Crippen molar-refractivity contribution in [1.29, 1.82) is 0 Å². The van der Waals surface area contributed by atoms with Crippen LogP contribution in [0.3, 0.4) is 0 Å². The number of hydrogen-bond donors (Lipinski definition) is 0. The first-order chi connectivity index (χ1) is 17.2. The van der Waals surface area contributed by atoms with Crippen molar-refractivity contribution in [2.45, 2.75) is 19.3 Å². The van der Waals surface area contributed by atoms with Crippen LogP contribution in [0.4, 0.5) is 0 Å². The van der Waals surface area contributed by atoms with E-state index in [0.29, 0.717) is 35.2 Å². The maximum absolute atomic E-state index is 14.2. The molecule has 0 spiro atoms. The summed E-state index contributed by atoms with van der Waals surface area (Å²) in [4.78, 5) is 16.2. The Hall–Kier alpha value is -3.93. The van der Waals surface area contributed by atoms with Gasteiger partial charge in [-0.05, 0) is 48.9 Å². The Morgan fingerprint density at radius 1 is 0.914 bits per heavy atom. The summed E-state index contributed by atoms with van der Waals surface area (Å²) < 4.78 is 10.8. The Morgan fingerprint density at radius 3 is 2.40 bits per heavy atom. The van der Waals surface area contributed by atoms with Gasteiger partial charge in [-0.25, -0.2) is 0 Å². The third kappa shape index (κ3) is 4.97. The summed E-state index contributed by atoms with van der Waals surface area (Å²) in [6.07, 6.45) is 3.05. The molecular weight excluding hydrogens is 438 g/mol. The van der Waals surface area contributed by atoms with Gasteiger partial charge >= 0.3 is 0 Å². The lowest BCUT2D eigenvalue weighted by Crippen LogP contribution is -2.35. The number of amides is 1. The van der Waals surface area contributed by atoms with Crippen molar-refractivity contribution < 1.29 is 14.3 Å². The minimum Gasteiger partial charge on any atom is -0.493 e. The van der Waals surface area contributed by atoms with Crippen molar-refractivity contribution in [3.05, 3.63) is 83.9 Å². The normalized spacial score (nSPS) is 13.0. The molecule has 1 aromatic heterocycles. The lowest BCUT2D eigenvalue weighted by molar-refractivity contribution is 0.0752. The number of hydrogen-bond acceptors (Lipinski definition) is 5. The summed E-state index contributed by atoms with van der Waals surface area (Å²) >= 11 is 0. The number of aromatic nitrogens is 2. The van der Waals surface area contributed by atoms with Crippen LogP contribution in [0.15, 0.2) is 72.8 Å². The van der Waals surface area contributed by atoms with Crippen molar-refractivity contribution in [3.63, 3.8) is 0 Å². The van der Waals surface area contributed by atoms with E-state index >= 15 is 0 Å². The van der Waals surface area contributed by atoms with Gasteiger partial charge in [0, 0.05) is 24.0 Å². The Balaban J connectivity index is 1.50. The Bertz CT molecular complexity index is 1340. The molecule has 1 heterocycles. The fraction of sp³-hybridized carbons (Fsp3) is 0.276. The van der Waals surface area contributed by atoms with Crippen LogP contribution in [-0.4, -0.2) is 48.3 Å². The van der Waals surface area contributed by atoms with E-state index in [1.54, 1.807) is 14.2 Å². The van der Waals surface area contributed by atoms with E-state index in [4.69, 9.17) is 9.47 Å². The highest BCUT2D eigenvalue weighted by molar-refractivity contribution is 6.10. The largest absolute Gasteiger partial charge is 0.493 e. The molecule has 1 fully saturated rings. The maximum Gasteiger partial charge on any atom is 0.256 e. The number of rotatable bonds is 9. The van der Waals surface area contributed by atoms with Gasteiger partial charge in [-0.1, -0.05) is 54.6 Å². The average Bonchev–Trinajstić information content (AvgIpc) is 3.74. The molecule has 6 nitrogen and oxygen atoms in total. The van der Waals surface area contributed by atoms with Crippen LogP contribution in [-0.2, 0) is 6.42 Å². The number of fused-ring (bicyclic) bond motifs is 1. The number of ether oxygens (including phenoxy) is 2. The average molecular weight is 468 g/mol. The summed E-state index contributed by atoms with van der Waals surface area (Å²) in [5, 5.41) is 9.75. The van der Waals surface area contributed by atoms with E-state index in [0.717, 1.165) is 35.0 Å². The van der Waals surface area contributed by atoms with Crippen molar-refractivity contribution in [3.8, 4) is 22.8 Å². The molecule has 1 amide bonds. The Morgan fingerprint density at radius 2 is 1.66 bits per heavy atom. The van der Waals surface area contributed by atoms with Gasteiger partial charge in [-0.3, -0.25) is 4.79 Å². The summed E-state index contributed by atoms with van der Waals surface area (Å²) in [6.45, 7) is 1.35. The molecule has 3 aromatic carbocycles. The first-order valence-electron chi connectivity index (χ1n) is 12.0. The Kier molecular flexibility index (Phi) is 6.62. The topological polar surface area (TPSA) is 64.5 Å². The number of benzene rings is 3. The number of methoxy groups -OCH3 is 2. The fourth-order valence-electron chi connectivity index (χ4n) is 4.41. The first kappa shape index (κ1) is 22.8. The minimum atomic E-state index is 0.00216. The molecule has 5 rings (SSSR count). The SMILES string of the molecule is COc1ccc(CCN(CC2CC2)C(=O)c2c(-c3ccccc3)nnc3ccccc23)cc1OC. The van der Waals surface area contributed by atoms with Crippen LogP contribution in [0.25, 0.3) is 22.2 Å². The van der Waals surface area contributed by atoms with Crippen molar-refractivity contribution in [1.82, 2.24) is 15.1 Å². The van der Waals surface area contributed by atoms with Crippen molar-refractivity contribution in [2.24, 2.45) is 5.92 Å². The third-order valence-electron chi connectivity index (χ3n) is 6.51. The van der Waals surface area contributed by atoms with Crippen LogP contribution in [0.1, 0.15) is 28.8 Å². The molecule has 1 aliphatic carbocycles. The standard InChI is InChI=1S/C29H29N3O3/c1-34-25-15-14-20(18-26(25)35-2)16-17-32(19-21-12-13-21)29(33)27-23-10-6-7-11-24(23)30-31-28(27)22-8-4-3-5-9-22/h3-11,14-15,18,21H,12-13,16-17,19H2,1-2H3. The van der Waals surface area contributed by atoms with E-state index in [1.807, 2.05) is 77.7 Å². The van der Waals surface area contributed by atoms with Crippen LogP contribution in [0.2, 0.25) is 0 Å². The molecule has 35 heavy (non-hydrogen) atoms. The zero-order valence-corrected chi connectivity index (χ0v) is 20.1. The van der Waals surface area contributed by atoms with E-state index in [1.165, 1.54) is 12.8 Å². The van der Waals surface area contributed by atoms with Gasteiger partial charge in [0.2, 0.25) is 0 Å². The minimum absolute atomic E-state index is 0.00216. The second kappa shape index (κ2) is 10.1. The van der Waals surface area contributed by atoms with E-state index < -0.39 is 0 Å². The molecule has 0 N–H and O–H groups in total. The van der Waals surface area contributed by atoms with Gasteiger partial charge < -0.3 is 14.4 Å². The fourth-order valence-corrected chi connectivity index (χ4v) is 4.41. The van der Waals surface area contributed by atoms with Crippen molar-refractivity contribution in [2.75, 3.05) is 27.3 Å². The van der Waals surface area contributed by atoms with E-state index in [9.17, 15) is 4.79 Å². The van der Waals surface area contributed by atoms with Crippen molar-refractivity contribution >= 4 is 16.8 Å². The van der Waals surface area contributed by atoms with Crippen LogP contribution >= 0.6 is 0 Å². The number of carbonyl (C=O) groups is 1. The van der Waals surface area contributed by atoms with Gasteiger partial charge in [-0.2, -0.15) is 0 Å². The quantitative estimate of drug-likeness (QED) is 0.329. The Labute approximate surface area is 205 Å². The molecule has 178 valence electrons. The summed E-state index contributed by atoms with van der Waals surface area (Å²) in [5.74, 6) is 1.96. The van der Waals surface area contributed by atoms with Gasteiger partial charge in [-0.15, -0.1) is 10.2 Å². The predicted octanol–water partition coefficient (Wildman–Crippen LogP) is 5.41. The third-order valence-corrected chi connectivity index (χ3v) is 6.51. The van der Waals surface area contributed by atoms with Crippen LogP contribution < -0.4 is 9.47 Å². The molecular formula is C29H29N3O3. The molecule has 6 heteroatoms. The molecule has 0 saturated heterocycles. The zero-order valence-electron chi connectivity index (χ0n) is 20.1. The van der Waals surface area contributed by atoms with Gasteiger partial charge in [0.15, 0.2) is 11.5 Å². The molecule has 0 radical (unpaired) electrons. The summed E-state index contributed by atoms with van der Waals surface area (Å²) in [6, 6.07) is 23.5. The summed E-state index contributed by atoms with van der Waals surface area (Å²) in [5.41, 5.74) is 3.95. The van der Waals surface area contributed by atoms with E-state index in [-0.39, 0.29) is 5.91 Å². The van der Waals surface area contributed by atoms with Crippen LogP contribution in [0, 0.1) is 5.92 Å². The molecule has 0 atom stereocenters. The lowest BCUT2D eigenvalue weighted by atomic mass is 10.0. The lowest BCUT2D eigenvalue weighted by Gasteiger charge is -2.24. The smallest absolute Gasteiger partial charge is 0.256 e. The summed E-state index contributed by atoms with van der Waals surface area (Å²) in [7, 11) is 3.27.